The van der Waals surface area contributed by atoms with Gasteiger partial charge in [-0.05, 0) is 43.0 Å². The van der Waals surface area contributed by atoms with E-state index in [1.807, 2.05) is 18.2 Å². The number of anilines is 2. The highest BCUT2D eigenvalue weighted by molar-refractivity contribution is 6.42. The van der Waals surface area contributed by atoms with Crippen molar-refractivity contribution in [1.29, 1.82) is 0 Å². The molecule has 0 amide bonds. The van der Waals surface area contributed by atoms with Crippen molar-refractivity contribution in [3.63, 3.8) is 0 Å². The Morgan fingerprint density at radius 2 is 2.00 bits per heavy atom. The molecule has 0 radical (unpaired) electrons. The molecule has 1 saturated carbocycles. The van der Waals surface area contributed by atoms with Gasteiger partial charge in [-0.25, -0.2) is 9.97 Å². The van der Waals surface area contributed by atoms with Gasteiger partial charge in [-0.2, -0.15) is 0 Å². The Balaban J connectivity index is 1.32. The van der Waals surface area contributed by atoms with Gasteiger partial charge in [0.15, 0.2) is 11.5 Å². The third-order valence-corrected chi connectivity index (χ3v) is 6.70. The summed E-state index contributed by atoms with van der Waals surface area (Å²) < 4.78 is 17.7. The number of halogens is 2. The Labute approximate surface area is 203 Å². The van der Waals surface area contributed by atoms with Crippen molar-refractivity contribution in [2.75, 3.05) is 45.3 Å². The van der Waals surface area contributed by atoms with E-state index in [1.54, 1.807) is 19.2 Å². The van der Waals surface area contributed by atoms with E-state index >= 15 is 0 Å². The topological polar surface area (TPSA) is 68.7 Å². The van der Waals surface area contributed by atoms with E-state index in [9.17, 15) is 0 Å². The van der Waals surface area contributed by atoms with Crippen LogP contribution in [0.2, 0.25) is 10.0 Å². The molecule has 1 N–H and O–H groups in total. The van der Waals surface area contributed by atoms with Crippen molar-refractivity contribution >= 4 is 45.6 Å². The van der Waals surface area contributed by atoms with Gasteiger partial charge in [0, 0.05) is 36.8 Å². The first kappa shape index (κ1) is 22.5. The van der Waals surface area contributed by atoms with Gasteiger partial charge in [-0.3, -0.25) is 4.90 Å². The van der Waals surface area contributed by atoms with Crippen LogP contribution in [0.15, 0.2) is 36.7 Å². The molecule has 3 aromatic rings. The highest BCUT2D eigenvalue weighted by Crippen LogP contribution is 2.36. The molecule has 33 heavy (non-hydrogen) atoms. The van der Waals surface area contributed by atoms with Crippen LogP contribution in [0, 0.1) is 5.92 Å². The quantitative estimate of drug-likeness (QED) is 0.468. The Morgan fingerprint density at radius 1 is 1.12 bits per heavy atom. The molecule has 7 nitrogen and oxygen atoms in total. The molecule has 1 aliphatic heterocycles. The zero-order chi connectivity index (χ0) is 22.8. The van der Waals surface area contributed by atoms with Crippen LogP contribution in [0.3, 0.4) is 0 Å². The van der Waals surface area contributed by atoms with E-state index in [-0.39, 0.29) is 6.10 Å². The normalized spacial score (nSPS) is 18.9. The average Bonchev–Trinajstić information content (AvgIpc) is 3.64. The fraction of sp³-hybridized carbons (Fsp3) is 0.417. The Morgan fingerprint density at radius 3 is 2.79 bits per heavy atom. The summed E-state index contributed by atoms with van der Waals surface area (Å²) in [5.74, 6) is 2.75. The van der Waals surface area contributed by atoms with Gasteiger partial charge in [0.05, 0.1) is 29.3 Å². The number of nitrogens with zero attached hydrogens (tertiary/aromatic N) is 3. The number of fused-ring (bicyclic) bond motifs is 1. The van der Waals surface area contributed by atoms with Crippen LogP contribution in [0.4, 0.5) is 11.5 Å². The number of aromatic nitrogens is 2. The highest BCUT2D eigenvalue weighted by atomic mass is 35.5. The van der Waals surface area contributed by atoms with E-state index in [4.69, 9.17) is 37.4 Å². The van der Waals surface area contributed by atoms with Crippen LogP contribution in [0.1, 0.15) is 12.8 Å². The summed E-state index contributed by atoms with van der Waals surface area (Å²) in [7, 11) is 1.62. The summed E-state index contributed by atoms with van der Waals surface area (Å²) in [5.41, 5.74) is 1.51. The maximum absolute atomic E-state index is 6.15. The number of morpholine rings is 1. The molecule has 2 aliphatic rings. The van der Waals surface area contributed by atoms with Crippen LogP contribution in [-0.4, -0.2) is 60.9 Å². The van der Waals surface area contributed by atoms with Crippen LogP contribution >= 0.6 is 23.2 Å². The zero-order valence-electron chi connectivity index (χ0n) is 18.4. The van der Waals surface area contributed by atoms with E-state index in [2.05, 4.69) is 20.2 Å². The monoisotopic (exact) mass is 488 g/mol. The van der Waals surface area contributed by atoms with E-state index < -0.39 is 0 Å². The van der Waals surface area contributed by atoms with E-state index in [0.29, 0.717) is 34.0 Å². The molecule has 2 aromatic carbocycles. The van der Waals surface area contributed by atoms with Crippen molar-refractivity contribution < 1.29 is 14.2 Å². The molecule has 1 saturated heterocycles. The van der Waals surface area contributed by atoms with Crippen LogP contribution in [0.25, 0.3) is 10.9 Å². The Hall–Kier alpha value is -2.32. The summed E-state index contributed by atoms with van der Waals surface area (Å²) in [6.07, 6.45) is 4.26. The van der Waals surface area contributed by atoms with Crippen LogP contribution in [-0.2, 0) is 4.74 Å². The van der Waals surface area contributed by atoms with Crippen LogP contribution < -0.4 is 14.8 Å². The van der Waals surface area contributed by atoms with E-state index in [0.717, 1.165) is 42.2 Å². The molecule has 1 atom stereocenters. The minimum Gasteiger partial charge on any atom is -0.493 e. The lowest BCUT2D eigenvalue weighted by atomic mass is 10.2. The zero-order valence-corrected chi connectivity index (χ0v) is 19.9. The average molecular weight is 489 g/mol. The molecule has 2 fully saturated rings. The lowest BCUT2D eigenvalue weighted by Crippen LogP contribution is -2.45. The van der Waals surface area contributed by atoms with Crippen molar-refractivity contribution in [2.24, 2.45) is 5.92 Å². The Bertz CT molecular complexity index is 1140. The van der Waals surface area contributed by atoms with Crippen molar-refractivity contribution in [3.8, 4) is 11.5 Å². The second-order valence-electron chi connectivity index (χ2n) is 8.50. The van der Waals surface area contributed by atoms with Gasteiger partial charge in [0.2, 0.25) is 0 Å². The minimum absolute atomic E-state index is 0.0372. The second kappa shape index (κ2) is 9.89. The smallest absolute Gasteiger partial charge is 0.163 e. The molecule has 1 unspecified atom stereocenters. The maximum atomic E-state index is 6.15. The first-order valence-electron chi connectivity index (χ1n) is 11.1. The molecule has 2 heterocycles. The van der Waals surface area contributed by atoms with Gasteiger partial charge < -0.3 is 19.5 Å². The predicted molar refractivity (Wildman–Crippen MR) is 130 cm³/mol. The van der Waals surface area contributed by atoms with Gasteiger partial charge in [0.1, 0.15) is 24.9 Å². The number of hydrogen-bond donors (Lipinski definition) is 1. The summed E-state index contributed by atoms with van der Waals surface area (Å²) in [5, 5.41) is 5.04. The lowest BCUT2D eigenvalue weighted by Gasteiger charge is -2.32. The SMILES string of the molecule is COc1cc2c(Nc3ccc(Cl)c(Cl)c3)ncnc2cc1OCC1CN(CC2CC2)CCO1. The molecule has 0 bridgehead atoms. The standard InChI is InChI=1S/C24H26Cl2N4O3/c1-31-22-9-18-21(27-14-28-24(18)29-16-4-5-19(25)20(26)8-16)10-23(22)33-13-17-12-30(6-7-32-17)11-15-2-3-15/h4-5,8-10,14-15,17H,2-3,6-7,11-13H2,1H3,(H,27,28,29). The molecule has 9 heteroatoms. The molecule has 1 aliphatic carbocycles. The minimum atomic E-state index is 0.0372. The summed E-state index contributed by atoms with van der Waals surface area (Å²) in [6.45, 7) is 4.27. The van der Waals surface area contributed by atoms with Gasteiger partial charge in [-0.15, -0.1) is 0 Å². The fourth-order valence-electron chi connectivity index (χ4n) is 4.04. The number of nitrogens with one attached hydrogen (secondary N) is 1. The number of benzene rings is 2. The van der Waals surface area contributed by atoms with Gasteiger partial charge >= 0.3 is 0 Å². The largest absolute Gasteiger partial charge is 0.493 e. The Kier molecular flexibility index (Phi) is 6.74. The third kappa shape index (κ3) is 5.44. The predicted octanol–water partition coefficient (Wildman–Crippen LogP) is 5.18. The number of methoxy groups -OCH3 is 1. The number of ether oxygens (including phenoxy) is 3. The van der Waals surface area contributed by atoms with Gasteiger partial charge in [0.25, 0.3) is 0 Å². The van der Waals surface area contributed by atoms with Crippen molar-refractivity contribution in [2.45, 2.75) is 18.9 Å². The number of hydrogen-bond acceptors (Lipinski definition) is 7. The molecule has 1 aromatic heterocycles. The first-order valence-corrected chi connectivity index (χ1v) is 11.9. The third-order valence-electron chi connectivity index (χ3n) is 5.96. The van der Waals surface area contributed by atoms with Gasteiger partial charge in [-0.1, -0.05) is 23.2 Å². The summed E-state index contributed by atoms with van der Waals surface area (Å²) in [6, 6.07) is 9.09. The fourth-order valence-corrected chi connectivity index (χ4v) is 4.34. The molecule has 0 spiro atoms. The molecular weight excluding hydrogens is 463 g/mol. The lowest BCUT2D eigenvalue weighted by molar-refractivity contribution is -0.0492. The molecule has 174 valence electrons. The molecular formula is C24H26Cl2N4O3. The first-order chi connectivity index (χ1) is 16.1. The van der Waals surface area contributed by atoms with Crippen molar-refractivity contribution in [3.05, 3.63) is 46.7 Å². The van der Waals surface area contributed by atoms with E-state index in [1.165, 1.54) is 25.7 Å². The van der Waals surface area contributed by atoms with Crippen molar-refractivity contribution in [1.82, 2.24) is 14.9 Å². The molecule has 5 rings (SSSR count). The second-order valence-corrected chi connectivity index (χ2v) is 9.32. The maximum Gasteiger partial charge on any atom is 0.163 e. The van der Waals surface area contributed by atoms with Crippen LogP contribution in [0.5, 0.6) is 11.5 Å². The number of rotatable bonds is 8. The summed E-state index contributed by atoms with van der Waals surface area (Å²) in [4.78, 5) is 11.3. The highest BCUT2D eigenvalue weighted by Gasteiger charge is 2.28. The summed E-state index contributed by atoms with van der Waals surface area (Å²) >= 11 is 12.2.